The summed E-state index contributed by atoms with van der Waals surface area (Å²) >= 11 is 2.52. The maximum absolute atomic E-state index is 4.47. The summed E-state index contributed by atoms with van der Waals surface area (Å²) < 4.78 is 2.66. The fourth-order valence-corrected chi connectivity index (χ4v) is 2.70. The van der Waals surface area contributed by atoms with Crippen molar-refractivity contribution in [2.24, 2.45) is 7.05 Å². The van der Waals surface area contributed by atoms with E-state index in [1.165, 1.54) is 17.8 Å². The third-order valence-corrected chi connectivity index (χ3v) is 3.48. The van der Waals surface area contributed by atoms with Crippen molar-refractivity contribution in [1.82, 2.24) is 9.78 Å². The van der Waals surface area contributed by atoms with Crippen LogP contribution >= 0.6 is 22.6 Å². The molecule has 3 nitrogen and oxygen atoms in total. The van der Waals surface area contributed by atoms with Crippen LogP contribution in [0, 0.1) is 0 Å². The Labute approximate surface area is 92.2 Å². The lowest BCUT2D eigenvalue weighted by atomic mass is 10.2. The van der Waals surface area contributed by atoms with E-state index in [1.807, 2.05) is 11.7 Å². The maximum atomic E-state index is 4.47. The van der Waals surface area contributed by atoms with Crippen LogP contribution in [-0.4, -0.2) is 27.3 Å². The van der Waals surface area contributed by atoms with Crippen LogP contribution in [0.2, 0.25) is 0 Å². The Kier molecular flexibility index (Phi) is 2.49. The molecule has 0 bridgehead atoms. The molecule has 0 saturated carbocycles. The molecule has 1 atom stereocenters. The van der Waals surface area contributed by atoms with E-state index in [4.69, 9.17) is 0 Å². The van der Waals surface area contributed by atoms with Crippen LogP contribution < -0.4 is 4.90 Å². The summed E-state index contributed by atoms with van der Waals surface area (Å²) in [5.74, 6) is 0. The summed E-state index contributed by atoms with van der Waals surface area (Å²) in [6, 6.07) is 0. The lowest BCUT2D eigenvalue weighted by Crippen LogP contribution is -2.23. The Bertz CT molecular complexity index is 308. The van der Waals surface area contributed by atoms with Crippen LogP contribution in [0.4, 0.5) is 5.69 Å². The molecule has 72 valence electrons. The zero-order valence-electron chi connectivity index (χ0n) is 8.00. The van der Waals surface area contributed by atoms with Gasteiger partial charge < -0.3 is 4.90 Å². The molecule has 1 aliphatic heterocycles. The summed E-state index contributed by atoms with van der Waals surface area (Å²) in [4.78, 5) is 2.31. The van der Waals surface area contributed by atoms with Crippen molar-refractivity contribution in [2.45, 2.75) is 16.8 Å². The fraction of sp³-hybridized carbons (Fsp3) is 0.667. The molecule has 0 fully saturated rings. The molecule has 0 saturated heterocycles. The van der Waals surface area contributed by atoms with Crippen molar-refractivity contribution < 1.29 is 0 Å². The van der Waals surface area contributed by atoms with E-state index in [1.54, 1.807) is 0 Å². The third kappa shape index (κ3) is 1.82. The number of hydrogen-bond acceptors (Lipinski definition) is 2. The summed E-state index contributed by atoms with van der Waals surface area (Å²) in [5.41, 5.74) is 2.56. The molecule has 0 N–H and O–H groups in total. The second kappa shape index (κ2) is 3.48. The topological polar surface area (TPSA) is 21.1 Å². The van der Waals surface area contributed by atoms with Gasteiger partial charge in [-0.25, -0.2) is 0 Å². The quantitative estimate of drug-likeness (QED) is 0.535. The average Bonchev–Trinajstić information content (AvgIpc) is 2.38. The summed E-state index contributed by atoms with van der Waals surface area (Å²) in [6.45, 7) is 1.14. The van der Waals surface area contributed by atoms with E-state index in [-0.39, 0.29) is 0 Å². The van der Waals surface area contributed by atoms with Crippen molar-refractivity contribution in [3.63, 3.8) is 0 Å². The number of hydrogen-bond donors (Lipinski definition) is 0. The highest BCUT2D eigenvalue weighted by Crippen LogP contribution is 2.26. The van der Waals surface area contributed by atoms with Crippen molar-refractivity contribution in [3.8, 4) is 0 Å². The third-order valence-electron chi connectivity index (χ3n) is 2.46. The summed E-state index contributed by atoms with van der Waals surface area (Å²) in [6.07, 6.45) is 4.48. The van der Waals surface area contributed by atoms with Gasteiger partial charge in [0.15, 0.2) is 0 Å². The number of alkyl halides is 1. The zero-order valence-corrected chi connectivity index (χ0v) is 10.2. The predicted molar refractivity (Wildman–Crippen MR) is 62.6 cm³/mol. The Morgan fingerprint density at radius 2 is 2.31 bits per heavy atom. The average molecular weight is 291 g/mol. The minimum Gasteiger partial charge on any atom is -0.371 e. The lowest BCUT2D eigenvalue weighted by Gasteiger charge is -2.17. The van der Waals surface area contributed by atoms with Gasteiger partial charge in [-0.15, -0.1) is 0 Å². The molecular weight excluding hydrogens is 277 g/mol. The highest BCUT2D eigenvalue weighted by Gasteiger charge is 2.19. The van der Waals surface area contributed by atoms with Gasteiger partial charge in [0.2, 0.25) is 0 Å². The number of rotatable bonds is 0. The standard InChI is InChI=1S/C9H14IN3/c1-12-5-7(10)3-4-8-9(12)6-13(2)11-8/h6-7H,3-5H2,1-2H3. The Morgan fingerprint density at radius 1 is 1.54 bits per heavy atom. The molecule has 2 heterocycles. The molecule has 0 radical (unpaired) electrons. The largest absolute Gasteiger partial charge is 0.371 e. The SMILES string of the molecule is CN1CC(I)CCc2nn(C)cc21. The molecule has 1 aromatic rings. The van der Waals surface area contributed by atoms with E-state index in [0.717, 1.165) is 16.9 Å². The van der Waals surface area contributed by atoms with Crippen LogP contribution in [0.5, 0.6) is 0 Å². The molecule has 2 rings (SSSR count). The van der Waals surface area contributed by atoms with Crippen LogP contribution in [0.3, 0.4) is 0 Å². The van der Waals surface area contributed by atoms with E-state index in [2.05, 4.69) is 45.8 Å². The molecule has 1 aliphatic rings. The van der Waals surface area contributed by atoms with Gasteiger partial charge in [0.25, 0.3) is 0 Å². The summed E-state index contributed by atoms with van der Waals surface area (Å²) in [5, 5.41) is 4.47. The first kappa shape index (κ1) is 9.30. The van der Waals surface area contributed by atoms with E-state index < -0.39 is 0 Å². The molecule has 1 unspecified atom stereocenters. The number of fused-ring (bicyclic) bond motifs is 1. The van der Waals surface area contributed by atoms with Gasteiger partial charge in [0.1, 0.15) is 0 Å². The van der Waals surface area contributed by atoms with Gasteiger partial charge in [-0.05, 0) is 12.8 Å². The monoisotopic (exact) mass is 291 g/mol. The molecule has 4 heteroatoms. The van der Waals surface area contributed by atoms with E-state index in [9.17, 15) is 0 Å². The number of aromatic nitrogens is 2. The van der Waals surface area contributed by atoms with Gasteiger partial charge in [-0.1, -0.05) is 22.6 Å². The first-order valence-electron chi connectivity index (χ1n) is 4.54. The van der Waals surface area contributed by atoms with Crippen molar-refractivity contribution >= 4 is 28.3 Å². The minimum atomic E-state index is 0.752. The molecule has 0 aliphatic carbocycles. The zero-order chi connectivity index (χ0) is 9.42. The highest BCUT2D eigenvalue weighted by atomic mass is 127. The second-order valence-electron chi connectivity index (χ2n) is 3.65. The van der Waals surface area contributed by atoms with Gasteiger partial charge in [0.05, 0.1) is 11.4 Å². The predicted octanol–water partition coefficient (Wildman–Crippen LogP) is 1.61. The van der Waals surface area contributed by atoms with Crippen molar-refractivity contribution in [1.29, 1.82) is 0 Å². The van der Waals surface area contributed by atoms with Gasteiger partial charge >= 0.3 is 0 Å². The smallest absolute Gasteiger partial charge is 0.0858 e. The molecular formula is C9H14IN3. The number of halogens is 1. The molecule has 0 aromatic carbocycles. The lowest BCUT2D eigenvalue weighted by molar-refractivity contribution is 0.714. The van der Waals surface area contributed by atoms with Crippen molar-refractivity contribution in [2.75, 3.05) is 18.5 Å². The first-order chi connectivity index (χ1) is 6.16. The normalized spacial score (nSPS) is 22.7. The van der Waals surface area contributed by atoms with Crippen LogP contribution in [0.1, 0.15) is 12.1 Å². The van der Waals surface area contributed by atoms with E-state index >= 15 is 0 Å². The highest BCUT2D eigenvalue weighted by molar-refractivity contribution is 14.1. The number of nitrogens with zero attached hydrogens (tertiary/aromatic N) is 3. The molecule has 13 heavy (non-hydrogen) atoms. The fourth-order valence-electron chi connectivity index (χ4n) is 1.80. The Morgan fingerprint density at radius 3 is 3.08 bits per heavy atom. The Hall–Kier alpha value is -0.260. The van der Waals surface area contributed by atoms with E-state index in [0.29, 0.717) is 0 Å². The maximum Gasteiger partial charge on any atom is 0.0858 e. The minimum absolute atomic E-state index is 0.752. The first-order valence-corrected chi connectivity index (χ1v) is 5.79. The van der Waals surface area contributed by atoms with Crippen molar-refractivity contribution in [3.05, 3.63) is 11.9 Å². The molecule has 1 aromatic heterocycles. The second-order valence-corrected chi connectivity index (χ2v) is 5.41. The number of anilines is 1. The van der Waals surface area contributed by atoms with Gasteiger partial charge in [-0.2, -0.15) is 5.10 Å². The van der Waals surface area contributed by atoms with Gasteiger partial charge in [-0.3, -0.25) is 4.68 Å². The van der Waals surface area contributed by atoms with Crippen LogP contribution in [0.15, 0.2) is 6.20 Å². The molecule has 0 spiro atoms. The van der Waals surface area contributed by atoms with Crippen LogP contribution in [0.25, 0.3) is 0 Å². The van der Waals surface area contributed by atoms with Gasteiger partial charge in [0, 0.05) is 30.8 Å². The van der Waals surface area contributed by atoms with Crippen LogP contribution in [-0.2, 0) is 13.5 Å². The number of aryl methyl sites for hydroxylation is 2. The molecule has 0 amide bonds. The Balaban J connectivity index is 2.33. The summed E-state index contributed by atoms with van der Waals surface area (Å²) in [7, 11) is 4.14.